The summed E-state index contributed by atoms with van der Waals surface area (Å²) in [6.07, 6.45) is 3.45. The van der Waals surface area contributed by atoms with E-state index in [9.17, 15) is 8.42 Å². The summed E-state index contributed by atoms with van der Waals surface area (Å²) in [6, 6.07) is 5.27. The van der Waals surface area contributed by atoms with E-state index in [0.717, 1.165) is 31.6 Å². The van der Waals surface area contributed by atoms with Crippen molar-refractivity contribution in [1.29, 1.82) is 0 Å². The van der Waals surface area contributed by atoms with Gasteiger partial charge in [0, 0.05) is 27.2 Å². The van der Waals surface area contributed by atoms with Crippen molar-refractivity contribution in [3.63, 3.8) is 0 Å². The molecule has 1 aromatic carbocycles. The normalized spacial score (nSPS) is 20.6. The van der Waals surface area contributed by atoms with E-state index in [1.807, 2.05) is 6.07 Å². The van der Waals surface area contributed by atoms with Gasteiger partial charge in [-0.3, -0.25) is 0 Å². The lowest BCUT2D eigenvalue weighted by Gasteiger charge is -2.26. The van der Waals surface area contributed by atoms with E-state index < -0.39 is 10.0 Å². The summed E-state index contributed by atoms with van der Waals surface area (Å²) in [7, 11) is -0.461. The number of nitrogens with zero attached hydrogens (tertiary/aromatic N) is 2. The zero-order chi connectivity index (χ0) is 15.6. The average Bonchev–Trinajstić information content (AvgIpc) is 2.63. The van der Waals surface area contributed by atoms with Crippen LogP contribution in [-0.4, -0.2) is 39.9 Å². The molecule has 2 rings (SSSR count). The van der Waals surface area contributed by atoms with E-state index in [0.29, 0.717) is 11.6 Å². The van der Waals surface area contributed by atoms with Gasteiger partial charge >= 0.3 is 0 Å². The van der Waals surface area contributed by atoms with Gasteiger partial charge in [0.05, 0.1) is 11.4 Å². The van der Waals surface area contributed by atoms with E-state index >= 15 is 0 Å². The molecule has 1 aliphatic rings. The van der Waals surface area contributed by atoms with Crippen LogP contribution in [-0.2, 0) is 10.0 Å². The van der Waals surface area contributed by atoms with Crippen molar-refractivity contribution in [1.82, 2.24) is 4.31 Å². The number of nitrogens with two attached hydrogens (primary N) is 1. The fourth-order valence-corrected chi connectivity index (χ4v) is 3.76. The van der Waals surface area contributed by atoms with Crippen LogP contribution >= 0.6 is 0 Å². The number of benzene rings is 1. The van der Waals surface area contributed by atoms with Crippen LogP contribution in [0.15, 0.2) is 23.1 Å². The lowest BCUT2D eigenvalue weighted by atomic mass is 10.0. The molecule has 118 valence electrons. The average molecular weight is 311 g/mol. The Hall–Kier alpha value is -1.27. The Morgan fingerprint density at radius 1 is 1.24 bits per heavy atom. The predicted octanol–water partition coefficient (Wildman–Crippen LogP) is 2.15. The van der Waals surface area contributed by atoms with Crippen LogP contribution in [0.1, 0.15) is 26.2 Å². The number of hydrogen-bond donors (Lipinski definition) is 1. The van der Waals surface area contributed by atoms with Crippen molar-refractivity contribution < 1.29 is 8.42 Å². The van der Waals surface area contributed by atoms with E-state index in [2.05, 4.69) is 11.8 Å². The van der Waals surface area contributed by atoms with Crippen LogP contribution in [0.4, 0.5) is 11.4 Å². The van der Waals surface area contributed by atoms with Gasteiger partial charge in [-0.2, -0.15) is 0 Å². The lowest BCUT2D eigenvalue weighted by Crippen LogP contribution is -2.27. The third kappa shape index (κ3) is 3.32. The first kappa shape index (κ1) is 16.1. The maximum Gasteiger partial charge on any atom is 0.244 e. The molecule has 0 saturated carbocycles. The lowest BCUT2D eigenvalue weighted by molar-refractivity contribution is 0.520. The molecular weight excluding hydrogens is 286 g/mol. The summed E-state index contributed by atoms with van der Waals surface area (Å²) in [6.45, 7) is 4.12. The van der Waals surface area contributed by atoms with Crippen molar-refractivity contribution >= 4 is 21.4 Å². The molecule has 0 radical (unpaired) electrons. The first-order valence-electron chi connectivity index (χ1n) is 7.40. The van der Waals surface area contributed by atoms with Crippen molar-refractivity contribution in [3.05, 3.63) is 18.2 Å². The number of hydrogen-bond acceptors (Lipinski definition) is 4. The summed E-state index contributed by atoms with van der Waals surface area (Å²) >= 11 is 0. The number of rotatable bonds is 3. The smallest absolute Gasteiger partial charge is 0.244 e. The molecule has 0 aromatic heterocycles. The third-order valence-electron chi connectivity index (χ3n) is 4.16. The molecule has 1 aromatic rings. The fourth-order valence-electron chi connectivity index (χ4n) is 2.73. The van der Waals surface area contributed by atoms with Gasteiger partial charge in [-0.05, 0) is 37.3 Å². The minimum atomic E-state index is -3.51. The zero-order valence-electron chi connectivity index (χ0n) is 13.0. The second kappa shape index (κ2) is 6.23. The van der Waals surface area contributed by atoms with Gasteiger partial charge in [-0.1, -0.05) is 13.0 Å². The summed E-state index contributed by atoms with van der Waals surface area (Å²) < 4.78 is 25.9. The standard InChI is InChI=1S/C15H25N3O2S/c1-12-6-5-10-18(11-9-12)13-7-4-8-14(15(13)16)21(19,20)17(2)3/h4,7-8,12H,5-6,9-11,16H2,1-3H3. The fraction of sp³-hybridized carbons (Fsp3) is 0.600. The van der Waals surface area contributed by atoms with Crippen LogP contribution < -0.4 is 10.6 Å². The Labute approximate surface area is 127 Å². The molecule has 1 saturated heterocycles. The van der Waals surface area contributed by atoms with Crippen molar-refractivity contribution in [2.45, 2.75) is 31.1 Å². The van der Waals surface area contributed by atoms with Crippen LogP contribution in [0.2, 0.25) is 0 Å². The molecule has 5 nitrogen and oxygen atoms in total. The highest BCUT2D eigenvalue weighted by molar-refractivity contribution is 7.89. The zero-order valence-corrected chi connectivity index (χ0v) is 13.9. The molecule has 2 N–H and O–H groups in total. The maximum absolute atomic E-state index is 12.3. The van der Waals surface area contributed by atoms with E-state index in [1.54, 1.807) is 12.1 Å². The first-order valence-corrected chi connectivity index (χ1v) is 8.84. The minimum absolute atomic E-state index is 0.197. The largest absolute Gasteiger partial charge is 0.396 e. The van der Waals surface area contributed by atoms with Crippen molar-refractivity contribution in [2.75, 3.05) is 37.8 Å². The molecule has 1 aliphatic heterocycles. The second-order valence-electron chi connectivity index (χ2n) is 6.00. The highest BCUT2D eigenvalue weighted by atomic mass is 32.2. The quantitative estimate of drug-likeness (QED) is 0.869. The molecule has 1 fully saturated rings. The molecule has 0 amide bonds. The third-order valence-corrected chi connectivity index (χ3v) is 6.03. The number of sulfonamides is 1. The Bertz CT molecular complexity index is 599. The van der Waals surface area contributed by atoms with Crippen LogP contribution in [0.25, 0.3) is 0 Å². The molecule has 6 heteroatoms. The Morgan fingerprint density at radius 2 is 1.95 bits per heavy atom. The molecule has 1 atom stereocenters. The molecule has 1 heterocycles. The molecule has 0 aliphatic carbocycles. The summed E-state index contributed by atoms with van der Waals surface area (Å²) in [4.78, 5) is 2.41. The number of para-hydroxylation sites is 1. The first-order chi connectivity index (χ1) is 9.84. The maximum atomic E-state index is 12.3. The van der Waals surface area contributed by atoms with Gasteiger partial charge in [0.15, 0.2) is 0 Å². The Kier molecular flexibility index (Phi) is 4.78. The summed E-state index contributed by atoms with van der Waals surface area (Å²) in [5.74, 6) is 0.713. The molecular formula is C15H25N3O2S. The Morgan fingerprint density at radius 3 is 2.62 bits per heavy atom. The highest BCUT2D eigenvalue weighted by Crippen LogP contribution is 2.32. The van der Waals surface area contributed by atoms with Crippen molar-refractivity contribution in [3.8, 4) is 0 Å². The molecule has 0 spiro atoms. The number of anilines is 2. The minimum Gasteiger partial charge on any atom is -0.396 e. The molecule has 0 bridgehead atoms. The van der Waals surface area contributed by atoms with Gasteiger partial charge in [-0.25, -0.2) is 12.7 Å². The number of nitrogen functional groups attached to an aromatic ring is 1. The van der Waals surface area contributed by atoms with Crippen molar-refractivity contribution in [2.24, 2.45) is 5.92 Å². The van der Waals surface area contributed by atoms with Gasteiger partial charge in [0.2, 0.25) is 10.0 Å². The topological polar surface area (TPSA) is 66.6 Å². The van der Waals surface area contributed by atoms with Gasteiger partial charge in [-0.15, -0.1) is 0 Å². The van der Waals surface area contributed by atoms with Crippen LogP contribution in [0.3, 0.4) is 0 Å². The molecule has 21 heavy (non-hydrogen) atoms. The van der Waals surface area contributed by atoms with Gasteiger partial charge < -0.3 is 10.6 Å². The van der Waals surface area contributed by atoms with Crippen LogP contribution in [0.5, 0.6) is 0 Å². The SMILES string of the molecule is CC1CCCN(c2cccc(S(=O)(=O)N(C)C)c2N)CC1. The highest BCUT2D eigenvalue weighted by Gasteiger charge is 2.24. The summed E-state index contributed by atoms with van der Waals surface area (Å²) in [5, 5.41) is 0. The predicted molar refractivity (Wildman–Crippen MR) is 87.0 cm³/mol. The second-order valence-corrected chi connectivity index (χ2v) is 8.12. The molecule has 1 unspecified atom stereocenters. The van der Waals surface area contributed by atoms with E-state index in [1.165, 1.54) is 24.8 Å². The Balaban J connectivity index is 2.38. The van der Waals surface area contributed by atoms with E-state index in [4.69, 9.17) is 5.73 Å². The van der Waals surface area contributed by atoms with E-state index in [-0.39, 0.29) is 4.90 Å². The van der Waals surface area contributed by atoms with Gasteiger partial charge in [0.25, 0.3) is 0 Å². The van der Waals surface area contributed by atoms with Crippen LogP contribution in [0, 0.1) is 5.92 Å². The monoisotopic (exact) mass is 311 g/mol. The summed E-state index contributed by atoms with van der Waals surface area (Å²) in [5.41, 5.74) is 7.38. The van der Waals surface area contributed by atoms with Gasteiger partial charge in [0.1, 0.15) is 4.90 Å².